The third-order valence-corrected chi connectivity index (χ3v) is 6.75. The molecule has 0 aliphatic carbocycles. The molecule has 2 fully saturated rings. The molecule has 2 aliphatic heterocycles. The van der Waals surface area contributed by atoms with E-state index in [-0.39, 0.29) is 29.5 Å². The molecule has 0 saturated carbocycles. The number of aromatic hydroxyl groups is 1. The maximum absolute atomic E-state index is 13.0. The molecule has 0 bridgehead atoms. The van der Waals surface area contributed by atoms with Gasteiger partial charge in [-0.05, 0) is 35.9 Å². The lowest BCUT2D eigenvalue weighted by molar-refractivity contribution is -0.141. The van der Waals surface area contributed by atoms with Gasteiger partial charge in [0.2, 0.25) is 11.8 Å². The van der Waals surface area contributed by atoms with Gasteiger partial charge in [-0.1, -0.05) is 66.5 Å². The van der Waals surface area contributed by atoms with Gasteiger partial charge in [0.1, 0.15) is 16.1 Å². The first-order valence-electron chi connectivity index (χ1n) is 10.8. The molecule has 4 rings (SSSR count). The second-order valence-corrected chi connectivity index (χ2v) is 9.47. The van der Waals surface area contributed by atoms with E-state index in [1.807, 2.05) is 36.4 Å². The summed E-state index contributed by atoms with van der Waals surface area (Å²) in [5.74, 6) is -1.75. The fourth-order valence-corrected chi connectivity index (χ4v) is 4.97. The second-order valence-electron chi connectivity index (χ2n) is 7.79. The quantitative estimate of drug-likeness (QED) is 0.256. The van der Waals surface area contributed by atoms with Crippen LogP contribution in [0.5, 0.6) is 5.75 Å². The highest BCUT2D eigenvalue weighted by Gasteiger charge is 2.48. The fourth-order valence-electron chi connectivity index (χ4n) is 3.66. The molecule has 2 aliphatic rings. The minimum absolute atomic E-state index is 0.0695. The van der Waals surface area contributed by atoms with Crippen LogP contribution in [-0.4, -0.2) is 55.4 Å². The molecule has 10 heteroatoms. The summed E-state index contributed by atoms with van der Waals surface area (Å²) in [4.78, 5) is 53.2. The monoisotopic (exact) mass is 507 g/mol. The summed E-state index contributed by atoms with van der Waals surface area (Å²) >= 11 is 6.42. The van der Waals surface area contributed by atoms with Crippen LogP contribution in [0.3, 0.4) is 0 Å². The number of hydrogen-bond acceptors (Lipinski definition) is 7. The number of carbonyl (C=O) groups is 4. The Balaban J connectivity index is 1.37. The first-order valence-corrected chi connectivity index (χ1v) is 12.0. The molecule has 0 unspecified atom stereocenters. The molecule has 2 N–H and O–H groups in total. The van der Waals surface area contributed by atoms with Gasteiger partial charge in [-0.25, -0.2) is 0 Å². The Morgan fingerprint density at radius 2 is 1.83 bits per heavy atom. The molecule has 2 aromatic rings. The van der Waals surface area contributed by atoms with Gasteiger partial charge in [0.15, 0.2) is 0 Å². The van der Waals surface area contributed by atoms with Crippen molar-refractivity contribution < 1.29 is 24.3 Å². The van der Waals surface area contributed by atoms with E-state index >= 15 is 0 Å². The van der Waals surface area contributed by atoms with Gasteiger partial charge in [-0.3, -0.25) is 29.0 Å². The lowest BCUT2D eigenvalue weighted by atomic mass is 10.2. The number of phenols is 1. The molecular weight excluding hydrogens is 486 g/mol. The molecule has 8 nitrogen and oxygen atoms in total. The minimum Gasteiger partial charge on any atom is -0.508 e. The lowest BCUT2D eigenvalue weighted by Gasteiger charge is -2.21. The van der Waals surface area contributed by atoms with Crippen LogP contribution >= 0.6 is 24.0 Å². The number of likely N-dealkylation sites (tertiary alicyclic amines) is 1. The maximum Gasteiger partial charge on any atom is 0.266 e. The van der Waals surface area contributed by atoms with Crippen molar-refractivity contribution in [2.75, 3.05) is 11.9 Å². The van der Waals surface area contributed by atoms with Crippen molar-refractivity contribution in [3.63, 3.8) is 0 Å². The molecule has 2 heterocycles. The second kappa shape index (κ2) is 10.7. The van der Waals surface area contributed by atoms with Crippen molar-refractivity contribution in [1.82, 2.24) is 9.80 Å². The van der Waals surface area contributed by atoms with Crippen LogP contribution in [-0.2, 0) is 19.2 Å². The van der Waals surface area contributed by atoms with Crippen molar-refractivity contribution in [1.29, 1.82) is 0 Å². The average Bonchev–Trinajstić information content (AvgIpc) is 3.27. The maximum atomic E-state index is 13.0. The molecule has 35 heavy (non-hydrogen) atoms. The van der Waals surface area contributed by atoms with E-state index in [9.17, 15) is 24.3 Å². The lowest BCUT2D eigenvalue weighted by Crippen LogP contribution is -2.44. The van der Waals surface area contributed by atoms with Crippen LogP contribution in [0.15, 0.2) is 71.7 Å². The van der Waals surface area contributed by atoms with Crippen molar-refractivity contribution in [3.8, 4) is 5.75 Å². The number of imide groups is 1. The van der Waals surface area contributed by atoms with E-state index < -0.39 is 29.7 Å². The highest BCUT2D eigenvalue weighted by Crippen LogP contribution is 2.35. The first kappa shape index (κ1) is 24.4. The van der Waals surface area contributed by atoms with Gasteiger partial charge in [-0.2, -0.15) is 0 Å². The molecule has 178 valence electrons. The molecule has 1 atom stereocenters. The third-order valence-electron chi connectivity index (χ3n) is 5.40. The zero-order valence-electron chi connectivity index (χ0n) is 18.4. The average molecular weight is 508 g/mol. The predicted octanol–water partition coefficient (Wildman–Crippen LogP) is 3.31. The number of allylic oxidation sites excluding steroid dienone is 2. The first-order chi connectivity index (χ1) is 16.8. The smallest absolute Gasteiger partial charge is 0.266 e. The molecule has 4 amide bonds. The number of nitrogens with zero attached hydrogens (tertiary/aromatic N) is 2. The number of phenolic OH excluding ortho intramolecular Hbond substituents is 1. The Morgan fingerprint density at radius 1 is 1.11 bits per heavy atom. The summed E-state index contributed by atoms with van der Waals surface area (Å²) < 4.78 is 0.215. The van der Waals surface area contributed by atoms with Crippen LogP contribution in [0, 0.1) is 0 Å². The summed E-state index contributed by atoms with van der Waals surface area (Å²) in [5, 5.41) is 12.0. The highest BCUT2D eigenvalue weighted by molar-refractivity contribution is 8.26. The van der Waals surface area contributed by atoms with E-state index in [4.69, 9.17) is 12.2 Å². The number of hydrogen-bond donors (Lipinski definition) is 2. The summed E-state index contributed by atoms with van der Waals surface area (Å²) in [5.41, 5.74) is 1.45. The Bertz CT molecular complexity index is 1240. The number of nitrogens with one attached hydrogen (secondary N) is 1. The number of thioether (sulfide) groups is 1. The Labute approximate surface area is 211 Å². The van der Waals surface area contributed by atoms with E-state index in [0.29, 0.717) is 10.6 Å². The SMILES string of the molecule is O=C(CCN1C(=O)C[C@@H](N2C(=O)/C(=C/C=C/c3ccccc3)SC2=S)C1=O)Nc1ccc(O)cc1. The molecule has 0 radical (unpaired) electrons. The summed E-state index contributed by atoms with van der Waals surface area (Å²) in [6, 6.07) is 14.5. The van der Waals surface area contributed by atoms with Crippen molar-refractivity contribution in [2.24, 2.45) is 0 Å². The normalized spacial score (nSPS) is 19.4. The van der Waals surface area contributed by atoms with E-state index in [1.54, 1.807) is 12.2 Å². The number of anilines is 1. The molecule has 2 saturated heterocycles. The van der Waals surface area contributed by atoms with Crippen LogP contribution in [0.1, 0.15) is 18.4 Å². The molecule has 2 aromatic carbocycles. The summed E-state index contributed by atoms with van der Waals surface area (Å²) in [6.07, 6.45) is 4.94. The summed E-state index contributed by atoms with van der Waals surface area (Å²) in [7, 11) is 0. The Kier molecular flexibility index (Phi) is 7.42. The van der Waals surface area contributed by atoms with Gasteiger partial charge in [0.05, 0.1) is 11.3 Å². The topological polar surface area (TPSA) is 107 Å². The van der Waals surface area contributed by atoms with Gasteiger partial charge < -0.3 is 10.4 Å². The number of amides is 4. The van der Waals surface area contributed by atoms with Crippen LogP contribution < -0.4 is 5.32 Å². The molecular formula is C25H21N3O5S2. The number of rotatable bonds is 7. The van der Waals surface area contributed by atoms with Crippen LogP contribution in [0.2, 0.25) is 0 Å². The van der Waals surface area contributed by atoms with Gasteiger partial charge in [0, 0.05) is 18.7 Å². The van der Waals surface area contributed by atoms with Gasteiger partial charge in [0.25, 0.3) is 11.8 Å². The minimum atomic E-state index is -1.01. The van der Waals surface area contributed by atoms with Crippen LogP contribution in [0.25, 0.3) is 6.08 Å². The Hall–Kier alpha value is -3.76. The predicted molar refractivity (Wildman–Crippen MR) is 137 cm³/mol. The van der Waals surface area contributed by atoms with E-state index in [0.717, 1.165) is 22.2 Å². The highest BCUT2D eigenvalue weighted by atomic mass is 32.2. The van der Waals surface area contributed by atoms with Gasteiger partial charge in [-0.15, -0.1) is 0 Å². The zero-order valence-corrected chi connectivity index (χ0v) is 20.1. The zero-order chi connectivity index (χ0) is 24.9. The van der Waals surface area contributed by atoms with Crippen molar-refractivity contribution in [3.05, 3.63) is 77.2 Å². The van der Waals surface area contributed by atoms with E-state index in [2.05, 4.69) is 5.32 Å². The van der Waals surface area contributed by atoms with E-state index in [1.165, 1.54) is 29.2 Å². The Morgan fingerprint density at radius 3 is 2.54 bits per heavy atom. The molecule has 0 spiro atoms. The number of thiocarbonyl (C=S) groups is 1. The van der Waals surface area contributed by atoms with Crippen molar-refractivity contribution in [2.45, 2.75) is 18.9 Å². The van der Waals surface area contributed by atoms with Crippen LogP contribution in [0.4, 0.5) is 5.69 Å². The summed E-state index contributed by atoms with van der Waals surface area (Å²) in [6.45, 7) is -0.109. The van der Waals surface area contributed by atoms with Crippen molar-refractivity contribution >= 4 is 63.7 Å². The largest absolute Gasteiger partial charge is 0.508 e. The standard InChI is InChI=1S/C25H21N3O5S2/c29-18-11-9-17(10-12-18)26-21(30)13-14-27-22(31)15-19(23(27)32)28-24(33)20(35-25(28)34)8-4-7-16-5-2-1-3-6-16/h1-12,19,29H,13-15H2,(H,26,30)/b7-4+,20-8-/t19-/m1/s1. The third kappa shape index (κ3) is 5.67. The number of carbonyl (C=O) groups excluding carboxylic acids is 4. The fraction of sp³-hybridized carbons (Fsp3) is 0.160. The van der Waals surface area contributed by atoms with Gasteiger partial charge >= 0.3 is 0 Å². The number of benzene rings is 2. The molecule has 0 aromatic heterocycles.